The molecule has 1 unspecified atom stereocenters. The fraction of sp³-hybridized carbons (Fsp3) is 0.391. The number of thioether (sulfide) groups is 1. The zero-order valence-electron chi connectivity index (χ0n) is 17.5. The van der Waals surface area contributed by atoms with Crippen molar-refractivity contribution in [3.05, 3.63) is 59.7 Å². The predicted molar refractivity (Wildman–Crippen MR) is 122 cm³/mol. The van der Waals surface area contributed by atoms with Crippen LogP contribution in [-0.2, 0) is 4.84 Å². The van der Waals surface area contributed by atoms with E-state index in [0.29, 0.717) is 6.67 Å². The third-order valence-corrected chi connectivity index (χ3v) is 5.75. The van der Waals surface area contributed by atoms with Crippen molar-refractivity contribution >= 4 is 29.0 Å². The molecule has 0 saturated carbocycles. The van der Waals surface area contributed by atoms with Gasteiger partial charge >= 0.3 is 0 Å². The molecule has 0 radical (unpaired) electrons. The van der Waals surface area contributed by atoms with Crippen molar-refractivity contribution in [3.8, 4) is 0 Å². The molecule has 2 aliphatic rings. The number of hydrazone groups is 1. The van der Waals surface area contributed by atoms with Crippen molar-refractivity contribution in [2.75, 3.05) is 17.8 Å². The van der Waals surface area contributed by atoms with E-state index in [0.717, 1.165) is 41.2 Å². The number of rotatable bonds is 6. The summed E-state index contributed by atoms with van der Waals surface area (Å²) in [6.07, 6.45) is 4.18. The molecule has 0 N–H and O–H groups in total. The Kier molecular flexibility index (Phi) is 5.92. The lowest BCUT2D eigenvalue weighted by atomic mass is 10.0. The molecule has 0 bridgehead atoms. The number of hydrogen-bond donors (Lipinski definition) is 0. The molecule has 2 aromatic carbocycles. The molecule has 0 amide bonds. The second kappa shape index (κ2) is 8.59. The summed E-state index contributed by atoms with van der Waals surface area (Å²) in [7, 11) is 0. The molecule has 2 aliphatic heterocycles. The van der Waals surface area contributed by atoms with E-state index in [9.17, 15) is 0 Å². The topological polar surface area (TPSA) is 40.4 Å². The molecule has 4 rings (SSSR count). The Morgan fingerprint density at radius 3 is 2.76 bits per heavy atom. The second-order valence-electron chi connectivity index (χ2n) is 7.57. The van der Waals surface area contributed by atoms with Crippen LogP contribution in [0.15, 0.2) is 63.5 Å². The minimum absolute atomic E-state index is 0.00102. The average Bonchev–Trinajstić information content (AvgIpc) is 3.09. The molecule has 152 valence electrons. The van der Waals surface area contributed by atoms with Crippen molar-refractivity contribution in [2.24, 2.45) is 10.1 Å². The van der Waals surface area contributed by atoms with E-state index in [-0.39, 0.29) is 12.1 Å². The number of nitrogens with zero attached hydrogens (tertiary/aromatic N) is 4. The van der Waals surface area contributed by atoms with Crippen LogP contribution in [-0.4, -0.2) is 41.8 Å². The van der Waals surface area contributed by atoms with Gasteiger partial charge in [0, 0.05) is 16.0 Å². The van der Waals surface area contributed by atoms with Gasteiger partial charge in [-0.05, 0) is 44.7 Å². The van der Waals surface area contributed by atoms with Crippen LogP contribution < -0.4 is 4.90 Å². The Morgan fingerprint density at radius 1 is 1.17 bits per heavy atom. The van der Waals surface area contributed by atoms with E-state index in [4.69, 9.17) is 14.9 Å². The number of aliphatic imine (C=N–C) groups is 1. The normalized spacial score (nSPS) is 18.3. The Labute approximate surface area is 177 Å². The van der Waals surface area contributed by atoms with Crippen molar-refractivity contribution in [1.29, 1.82) is 0 Å². The van der Waals surface area contributed by atoms with Crippen LogP contribution in [0.2, 0.25) is 0 Å². The molecule has 0 saturated heterocycles. The number of fused-ring (bicyclic) bond motifs is 3. The van der Waals surface area contributed by atoms with Crippen LogP contribution in [0, 0.1) is 0 Å². The first-order valence-electron chi connectivity index (χ1n) is 10.2. The summed E-state index contributed by atoms with van der Waals surface area (Å²) in [6.45, 7) is 6.83. The third kappa shape index (κ3) is 4.05. The third-order valence-electron chi connectivity index (χ3n) is 5.02. The summed E-state index contributed by atoms with van der Waals surface area (Å²) < 4.78 is 0. The standard InChI is InChI=1S/C23H28N4OS/c1-5-9-20-23-25-27(28-16(2)3)15-26(23)21-13-7-6-12-19(21)22(24-20)17-10-8-11-18(14-17)29-4/h6-8,10-14,16,20H,5,9,15H2,1-4H3. The lowest BCUT2D eigenvalue weighted by Gasteiger charge is -2.23. The largest absolute Gasteiger partial charge is 0.303 e. The average molecular weight is 409 g/mol. The van der Waals surface area contributed by atoms with E-state index in [2.05, 4.69) is 66.6 Å². The van der Waals surface area contributed by atoms with Gasteiger partial charge in [0.2, 0.25) is 0 Å². The summed E-state index contributed by atoms with van der Waals surface area (Å²) in [4.78, 5) is 14.6. The van der Waals surface area contributed by atoms with Gasteiger partial charge in [-0.2, -0.15) is 5.17 Å². The molecule has 6 heteroatoms. The quantitative estimate of drug-likeness (QED) is 0.619. The number of anilines is 1. The smallest absolute Gasteiger partial charge is 0.158 e. The Bertz CT molecular complexity index is 940. The molecule has 2 aromatic rings. The maximum Gasteiger partial charge on any atom is 0.158 e. The highest BCUT2D eigenvalue weighted by Crippen LogP contribution is 2.33. The van der Waals surface area contributed by atoms with Crippen LogP contribution >= 0.6 is 11.8 Å². The van der Waals surface area contributed by atoms with Crippen LogP contribution in [0.4, 0.5) is 5.69 Å². The maximum atomic E-state index is 5.88. The highest BCUT2D eigenvalue weighted by Gasteiger charge is 2.35. The fourth-order valence-corrected chi connectivity index (χ4v) is 4.26. The van der Waals surface area contributed by atoms with Crippen molar-refractivity contribution in [3.63, 3.8) is 0 Å². The maximum absolute atomic E-state index is 5.88. The van der Waals surface area contributed by atoms with E-state index in [1.54, 1.807) is 16.9 Å². The highest BCUT2D eigenvalue weighted by molar-refractivity contribution is 7.98. The minimum Gasteiger partial charge on any atom is -0.303 e. The van der Waals surface area contributed by atoms with Gasteiger partial charge in [0.05, 0.1) is 17.5 Å². The summed E-state index contributed by atoms with van der Waals surface area (Å²) in [6, 6.07) is 17.1. The number of para-hydroxylation sites is 1. The first kappa shape index (κ1) is 20.0. The second-order valence-corrected chi connectivity index (χ2v) is 8.44. The Morgan fingerprint density at radius 2 is 2.00 bits per heavy atom. The van der Waals surface area contributed by atoms with Crippen molar-refractivity contribution in [2.45, 2.75) is 50.7 Å². The van der Waals surface area contributed by atoms with E-state index < -0.39 is 0 Å². The molecule has 0 spiro atoms. The van der Waals surface area contributed by atoms with Crippen LogP contribution in [0.5, 0.6) is 0 Å². The lowest BCUT2D eigenvalue weighted by molar-refractivity contribution is -0.180. The summed E-state index contributed by atoms with van der Waals surface area (Å²) in [5.41, 5.74) is 4.47. The lowest BCUT2D eigenvalue weighted by Crippen LogP contribution is -2.36. The van der Waals surface area contributed by atoms with Crippen molar-refractivity contribution < 1.29 is 4.84 Å². The van der Waals surface area contributed by atoms with Gasteiger partial charge in [-0.15, -0.1) is 16.9 Å². The molecule has 1 atom stereocenters. The highest BCUT2D eigenvalue weighted by atomic mass is 32.2. The predicted octanol–water partition coefficient (Wildman–Crippen LogP) is 5.16. The van der Waals surface area contributed by atoms with E-state index in [1.807, 2.05) is 13.8 Å². The van der Waals surface area contributed by atoms with Gasteiger partial charge in [-0.25, -0.2) is 0 Å². The fourth-order valence-electron chi connectivity index (χ4n) is 3.80. The number of hydroxylamine groups is 1. The summed E-state index contributed by atoms with van der Waals surface area (Å²) >= 11 is 1.75. The van der Waals surface area contributed by atoms with Gasteiger partial charge in [0.1, 0.15) is 12.7 Å². The van der Waals surface area contributed by atoms with Gasteiger partial charge in [0.25, 0.3) is 0 Å². The summed E-state index contributed by atoms with van der Waals surface area (Å²) in [5.74, 6) is 0.968. The van der Waals surface area contributed by atoms with E-state index in [1.165, 1.54) is 4.90 Å². The van der Waals surface area contributed by atoms with Gasteiger partial charge in [-0.3, -0.25) is 9.83 Å². The van der Waals surface area contributed by atoms with Crippen LogP contribution in [0.25, 0.3) is 0 Å². The number of amidine groups is 1. The SMILES string of the molecule is CCCC1N=C(c2cccc(SC)c2)c2ccccc2N2CN(OC(C)C)N=C12. The monoisotopic (exact) mass is 408 g/mol. The molecule has 5 nitrogen and oxygen atoms in total. The minimum atomic E-state index is 0.00102. The van der Waals surface area contributed by atoms with Crippen LogP contribution in [0.3, 0.4) is 0 Å². The van der Waals surface area contributed by atoms with Gasteiger partial charge in [-0.1, -0.05) is 43.7 Å². The Balaban J connectivity index is 1.85. The molecule has 0 aromatic heterocycles. The molecule has 0 fully saturated rings. The first-order chi connectivity index (χ1) is 14.1. The molecule has 2 heterocycles. The van der Waals surface area contributed by atoms with Gasteiger partial charge < -0.3 is 4.90 Å². The van der Waals surface area contributed by atoms with Gasteiger partial charge in [0.15, 0.2) is 5.84 Å². The molecular weight excluding hydrogens is 380 g/mol. The number of hydrogen-bond acceptors (Lipinski definition) is 6. The summed E-state index contributed by atoms with van der Waals surface area (Å²) in [5, 5.41) is 6.52. The van der Waals surface area contributed by atoms with E-state index >= 15 is 0 Å². The molecule has 0 aliphatic carbocycles. The molecular formula is C23H28N4OS. The first-order valence-corrected chi connectivity index (χ1v) is 11.4. The Hall–Kier alpha value is -2.31. The zero-order chi connectivity index (χ0) is 20.4. The zero-order valence-corrected chi connectivity index (χ0v) is 18.3. The molecule has 29 heavy (non-hydrogen) atoms. The number of benzene rings is 2. The van der Waals surface area contributed by atoms with Crippen molar-refractivity contribution in [1.82, 2.24) is 5.17 Å². The van der Waals surface area contributed by atoms with Crippen LogP contribution in [0.1, 0.15) is 44.7 Å².